The van der Waals surface area contributed by atoms with E-state index in [0.29, 0.717) is 13.0 Å². The Hall–Kier alpha value is -3.44. The number of hydrogen-bond acceptors (Lipinski definition) is 5. The highest BCUT2D eigenvalue weighted by molar-refractivity contribution is 6.18. The fourth-order valence-electron chi connectivity index (χ4n) is 4.37. The van der Waals surface area contributed by atoms with Gasteiger partial charge in [-0.2, -0.15) is 0 Å². The van der Waals surface area contributed by atoms with Crippen LogP contribution in [-0.2, 0) is 19.9 Å². The maximum absolute atomic E-state index is 12.6. The van der Waals surface area contributed by atoms with Gasteiger partial charge in [-0.1, -0.05) is 66.7 Å². The van der Waals surface area contributed by atoms with Crippen molar-refractivity contribution in [1.29, 1.82) is 0 Å². The smallest absolute Gasteiger partial charge is 0.338 e. The number of benzene rings is 3. The van der Waals surface area contributed by atoms with Crippen molar-refractivity contribution in [3.63, 3.8) is 0 Å². The van der Waals surface area contributed by atoms with E-state index in [0.717, 1.165) is 28.2 Å². The summed E-state index contributed by atoms with van der Waals surface area (Å²) < 4.78 is 5.28. The molecule has 0 bridgehead atoms. The van der Waals surface area contributed by atoms with Crippen LogP contribution in [0.25, 0.3) is 0 Å². The van der Waals surface area contributed by atoms with Gasteiger partial charge in [0.1, 0.15) is 5.54 Å². The first kappa shape index (κ1) is 18.6. The minimum atomic E-state index is -0.710. The average Bonchev–Trinajstić information content (AvgIpc) is 3.31. The third-order valence-corrected chi connectivity index (χ3v) is 5.63. The molecule has 0 radical (unpaired) electrons. The van der Waals surface area contributed by atoms with Gasteiger partial charge in [-0.05, 0) is 30.7 Å². The number of rotatable bonds is 4. The molecular weight excluding hydrogens is 376 g/mol. The maximum Gasteiger partial charge on any atom is 0.338 e. The van der Waals surface area contributed by atoms with Gasteiger partial charge in [0.15, 0.2) is 6.10 Å². The molecule has 5 rings (SSSR count). The summed E-state index contributed by atoms with van der Waals surface area (Å²) in [6.45, 7) is 2.12. The Morgan fingerprint density at radius 3 is 2.43 bits per heavy atom. The van der Waals surface area contributed by atoms with E-state index in [1.165, 1.54) is 0 Å². The van der Waals surface area contributed by atoms with Crippen LogP contribution < -0.4 is 5.06 Å². The Labute approximate surface area is 175 Å². The normalized spacial score (nSPS) is 23.3. The van der Waals surface area contributed by atoms with Crippen molar-refractivity contribution < 1.29 is 14.4 Å². The molecule has 150 valence electrons. The quantitative estimate of drug-likeness (QED) is 0.593. The number of fused-ring (bicyclic) bond motifs is 3. The van der Waals surface area contributed by atoms with Crippen molar-refractivity contribution in [1.82, 2.24) is 0 Å². The monoisotopic (exact) mass is 398 g/mol. The molecule has 2 heterocycles. The minimum absolute atomic E-state index is 0.318. The second-order valence-corrected chi connectivity index (χ2v) is 7.38. The van der Waals surface area contributed by atoms with Crippen molar-refractivity contribution in [3.8, 4) is 0 Å². The second kappa shape index (κ2) is 7.43. The Morgan fingerprint density at radius 1 is 1.03 bits per heavy atom. The molecule has 0 saturated carbocycles. The zero-order valence-electron chi connectivity index (χ0n) is 16.7. The lowest BCUT2D eigenvalue weighted by Gasteiger charge is -2.32. The number of nitrogens with zero attached hydrogens (tertiary/aromatic N) is 2. The third-order valence-electron chi connectivity index (χ3n) is 5.63. The summed E-state index contributed by atoms with van der Waals surface area (Å²) in [5.74, 6) is -0.348. The van der Waals surface area contributed by atoms with E-state index in [2.05, 4.69) is 18.2 Å². The molecule has 0 N–H and O–H groups in total. The first-order valence-corrected chi connectivity index (χ1v) is 10.2. The topological polar surface area (TPSA) is 51.1 Å². The fraction of sp³-hybridized carbons (Fsp3) is 0.200. The summed E-state index contributed by atoms with van der Waals surface area (Å²) >= 11 is 0. The van der Waals surface area contributed by atoms with Crippen molar-refractivity contribution in [2.24, 2.45) is 4.99 Å². The Bertz CT molecular complexity index is 1100. The highest BCUT2D eigenvalue weighted by Gasteiger charge is 2.59. The van der Waals surface area contributed by atoms with Gasteiger partial charge in [0.05, 0.1) is 23.7 Å². The molecule has 30 heavy (non-hydrogen) atoms. The number of aliphatic imine (C=N–C) groups is 1. The molecule has 2 aliphatic heterocycles. The van der Waals surface area contributed by atoms with Crippen molar-refractivity contribution in [2.75, 3.05) is 11.7 Å². The van der Waals surface area contributed by atoms with Crippen LogP contribution in [0, 0.1) is 0 Å². The largest absolute Gasteiger partial charge is 0.464 e. The van der Waals surface area contributed by atoms with E-state index >= 15 is 0 Å². The van der Waals surface area contributed by atoms with Gasteiger partial charge in [0.25, 0.3) is 0 Å². The Morgan fingerprint density at radius 2 is 1.70 bits per heavy atom. The van der Waals surface area contributed by atoms with Gasteiger partial charge in [0.2, 0.25) is 0 Å². The van der Waals surface area contributed by atoms with Gasteiger partial charge in [-0.15, -0.1) is 0 Å². The first-order valence-electron chi connectivity index (χ1n) is 10.2. The third kappa shape index (κ3) is 2.82. The lowest BCUT2D eigenvalue weighted by atomic mass is 9.81. The SMILES string of the molecule is CCOC(=O)[C@@H]1C[C@@]2(c3ccccc3)C(=Nc3ccccc3)c3ccccc3N2O1. The number of carbonyl (C=O) groups is 1. The van der Waals surface area contributed by atoms with Gasteiger partial charge in [-0.3, -0.25) is 4.84 Å². The molecule has 2 aliphatic rings. The van der Waals surface area contributed by atoms with Crippen LogP contribution >= 0.6 is 0 Å². The lowest BCUT2D eigenvalue weighted by molar-refractivity contribution is -0.154. The molecule has 5 nitrogen and oxygen atoms in total. The number of hydrogen-bond donors (Lipinski definition) is 0. The van der Waals surface area contributed by atoms with Crippen LogP contribution in [0.5, 0.6) is 0 Å². The molecule has 3 aromatic carbocycles. The number of hydroxylamine groups is 1. The number of esters is 1. The molecule has 3 aromatic rings. The number of anilines is 1. The molecule has 2 atom stereocenters. The summed E-state index contributed by atoms with van der Waals surface area (Å²) in [6, 6.07) is 28.0. The molecule has 1 fully saturated rings. The fourth-order valence-corrected chi connectivity index (χ4v) is 4.37. The molecular formula is C25H22N2O3. The molecule has 0 spiro atoms. The van der Waals surface area contributed by atoms with E-state index < -0.39 is 11.6 Å². The van der Waals surface area contributed by atoms with Crippen molar-refractivity contribution in [3.05, 3.63) is 96.1 Å². The van der Waals surface area contributed by atoms with Crippen LogP contribution in [0.1, 0.15) is 24.5 Å². The van der Waals surface area contributed by atoms with Gasteiger partial charge < -0.3 is 4.74 Å². The van der Waals surface area contributed by atoms with Crippen LogP contribution in [0.15, 0.2) is 89.9 Å². The summed E-state index contributed by atoms with van der Waals surface area (Å²) in [5, 5.41) is 1.86. The van der Waals surface area contributed by atoms with Crippen molar-refractivity contribution in [2.45, 2.75) is 25.0 Å². The molecule has 0 aliphatic carbocycles. The van der Waals surface area contributed by atoms with E-state index in [1.54, 1.807) is 6.92 Å². The van der Waals surface area contributed by atoms with E-state index in [-0.39, 0.29) is 5.97 Å². The molecule has 0 unspecified atom stereocenters. The first-order chi connectivity index (χ1) is 14.7. The number of para-hydroxylation sites is 2. The molecule has 0 aromatic heterocycles. The predicted octanol–water partition coefficient (Wildman–Crippen LogP) is 4.79. The minimum Gasteiger partial charge on any atom is -0.464 e. The number of carbonyl (C=O) groups excluding carboxylic acids is 1. The van der Waals surface area contributed by atoms with Crippen LogP contribution in [0.3, 0.4) is 0 Å². The standard InChI is InChI=1S/C25H22N2O3/c1-2-29-24(28)22-17-25(18-11-5-3-6-12-18)23(26-19-13-7-4-8-14-19)20-15-9-10-16-21(20)27(25)30-22/h3-16,22H,2,17H2,1H3/t22-,25+/m0/s1. The maximum atomic E-state index is 12.6. The Kier molecular flexibility index (Phi) is 4.60. The summed E-state index contributed by atoms with van der Waals surface area (Å²) in [4.78, 5) is 23.9. The molecule has 0 amide bonds. The van der Waals surface area contributed by atoms with Crippen molar-refractivity contribution >= 4 is 23.1 Å². The number of ether oxygens (including phenoxy) is 1. The van der Waals surface area contributed by atoms with Crippen LogP contribution in [0.2, 0.25) is 0 Å². The second-order valence-electron chi connectivity index (χ2n) is 7.38. The van der Waals surface area contributed by atoms with E-state index in [4.69, 9.17) is 14.6 Å². The molecule has 1 saturated heterocycles. The highest BCUT2D eigenvalue weighted by atomic mass is 16.7. The summed E-state index contributed by atoms with van der Waals surface area (Å²) in [6.07, 6.45) is -0.268. The molecule has 5 heteroatoms. The van der Waals surface area contributed by atoms with Gasteiger partial charge in [-0.25, -0.2) is 14.9 Å². The Balaban J connectivity index is 1.73. The van der Waals surface area contributed by atoms with Gasteiger partial charge in [0, 0.05) is 12.0 Å². The summed E-state index contributed by atoms with van der Waals surface area (Å²) in [5.41, 5.74) is 3.97. The summed E-state index contributed by atoms with van der Waals surface area (Å²) in [7, 11) is 0. The predicted molar refractivity (Wildman–Crippen MR) is 116 cm³/mol. The highest BCUT2D eigenvalue weighted by Crippen LogP contribution is 2.53. The zero-order valence-corrected chi connectivity index (χ0v) is 16.7. The zero-order chi connectivity index (χ0) is 20.6. The lowest BCUT2D eigenvalue weighted by Crippen LogP contribution is -2.42. The average molecular weight is 398 g/mol. The van der Waals surface area contributed by atoms with E-state index in [1.807, 2.05) is 71.8 Å². The van der Waals surface area contributed by atoms with E-state index in [9.17, 15) is 4.79 Å². The van der Waals surface area contributed by atoms with Crippen LogP contribution in [0.4, 0.5) is 11.4 Å². The van der Waals surface area contributed by atoms with Crippen LogP contribution in [-0.4, -0.2) is 24.4 Å². The van der Waals surface area contributed by atoms with Gasteiger partial charge >= 0.3 is 5.97 Å².